The Kier molecular flexibility index (Phi) is 8.58. The third-order valence-electron chi connectivity index (χ3n) is 5.46. The van der Waals surface area contributed by atoms with Crippen LogP contribution in [-0.2, 0) is 29.1 Å². The minimum Gasteiger partial charge on any atom is -0.497 e. The summed E-state index contributed by atoms with van der Waals surface area (Å²) in [6.45, 7) is 4.43. The largest absolute Gasteiger partial charge is 0.497 e. The van der Waals surface area contributed by atoms with Crippen molar-refractivity contribution in [2.75, 3.05) is 7.11 Å². The van der Waals surface area contributed by atoms with Gasteiger partial charge >= 0.3 is 0 Å². The number of pyridine rings is 1. The number of hydrogen-bond donors (Lipinski definition) is 1. The van der Waals surface area contributed by atoms with Crippen LogP contribution in [0.3, 0.4) is 0 Å². The van der Waals surface area contributed by atoms with Crippen molar-refractivity contribution >= 4 is 11.8 Å². The van der Waals surface area contributed by atoms with Crippen LogP contribution in [0.25, 0.3) is 0 Å². The molecule has 1 atom stereocenters. The first-order valence-electron chi connectivity index (χ1n) is 11.1. The van der Waals surface area contributed by atoms with Crippen LogP contribution in [-0.4, -0.2) is 34.8 Å². The number of rotatable bonds is 10. The molecule has 2 amide bonds. The third kappa shape index (κ3) is 6.91. The summed E-state index contributed by atoms with van der Waals surface area (Å²) in [5, 5.41) is 3.02. The molecule has 6 nitrogen and oxygen atoms in total. The van der Waals surface area contributed by atoms with Crippen molar-refractivity contribution < 1.29 is 14.3 Å². The number of carbonyl (C=O) groups excluding carboxylic acids is 2. The van der Waals surface area contributed by atoms with E-state index < -0.39 is 6.04 Å². The van der Waals surface area contributed by atoms with E-state index in [0.717, 1.165) is 22.4 Å². The van der Waals surface area contributed by atoms with E-state index in [1.165, 1.54) is 0 Å². The zero-order valence-electron chi connectivity index (χ0n) is 19.4. The van der Waals surface area contributed by atoms with E-state index >= 15 is 0 Å². The maximum absolute atomic E-state index is 13.4. The average molecular weight is 446 g/mol. The van der Waals surface area contributed by atoms with E-state index in [2.05, 4.69) is 10.3 Å². The Morgan fingerprint density at radius 1 is 0.909 bits per heavy atom. The van der Waals surface area contributed by atoms with Crippen molar-refractivity contribution in [3.05, 3.63) is 95.8 Å². The number of aromatic nitrogens is 1. The first-order valence-corrected chi connectivity index (χ1v) is 11.1. The second-order valence-electron chi connectivity index (χ2n) is 8.25. The summed E-state index contributed by atoms with van der Waals surface area (Å²) in [6, 6.07) is 20.4. The molecule has 0 bridgehead atoms. The van der Waals surface area contributed by atoms with Crippen LogP contribution < -0.4 is 10.1 Å². The van der Waals surface area contributed by atoms with Gasteiger partial charge < -0.3 is 15.0 Å². The SMILES string of the molecule is COc1ccc(CN(C(=O)C(C)C)[C@@H](Cc2ccccc2)C(=O)NCc2ccncc2)cc1. The molecule has 1 aromatic heterocycles. The van der Waals surface area contributed by atoms with Gasteiger partial charge in [0, 0.05) is 37.8 Å². The predicted molar refractivity (Wildman–Crippen MR) is 128 cm³/mol. The maximum atomic E-state index is 13.4. The topological polar surface area (TPSA) is 71.5 Å². The van der Waals surface area contributed by atoms with Gasteiger partial charge in [0.05, 0.1) is 7.11 Å². The molecule has 1 N–H and O–H groups in total. The van der Waals surface area contributed by atoms with Gasteiger partial charge in [-0.15, -0.1) is 0 Å². The summed E-state index contributed by atoms with van der Waals surface area (Å²) in [5.74, 6) is 0.259. The Labute approximate surface area is 195 Å². The Morgan fingerprint density at radius 2 is 1.58 bits per heavy atom. The van der Waals surface area contributed by atoms with Gasteiger partial charge in [0.15, 0.2) is 0 Å². The molecule has 0 aliphatic rings. The molecule has 0 saturated carbocycles. The second-order valence-corrected chi connectivity index (χ2v) is 8.25. The van der Waals surface area contributed by atoms with Crippen LogP contribution in [0.4, 0.5) is 0 Å². The normalized spacial score (nSPS) is 11.6. The fourth-order valence-corrected chi connectivity index (χ4v) is 3.59. The first kappa shape index (κ1) is 24.0. The summed E-state index contributed by atoms with van der Waals surface area (Å²) in [7, 11) is 1.62. The van der Waals surface area contributed by atoms with Crippen LogP contribution in [0.1, 0.15) is 30.5 Å². The lowest BCUT2D eigenvalue weighted by Crippen LogP contribution is -2.51. The first-order chi connectivity index (χ1) is 16.0. The van der Waals surface area contributed by atoms with Gasteiger partial charge in [0.1, 0.15) is 11.8 Å². The molecular formula is C27H31N3O3. The zero-order valence-corrected chi connectivity index (χ0v) is 19.4. The number of nitrogens with one attached hydrogen (secondary N) is 1. The van der Waals surface area contributed by atoms with Gasteiger partial charge in [-0.25, -0.2) is 0 Å². The van der Waals surface area contributed by atoms with Crippen LogP contribution in [0.2, 0.25) is 0 Å². The molecule has 0 radical (unpaired) electrons. The van der Waals surface area contributed by atoms with Gasteiger partial charge in [0.2, 0.25) is 11.8 Å². The summed E-state index contributed by atoms with van der Waals surface area (Å²) in [5.41, 5.74) is 2.89. The van der Waals surface area contributed by atoms with Gasteiger partial charge in [-0.2, -0.15) is 0 Å². The smallest absolute Gasteiger partial charge is 0.243 e. The predicted octanol–water partition coefficient (Wildman–Crippen LogP) is 4.00. The quantitative estimate of drug-likeness (QED) is 0.512. The van der Waals surface area contributed by atoms with Crippen molar-refractivity contribution in [3.63, 3.8) is 0 Å². The van der Waals surface area contributed by atoms with Gasteiger partial charge in [-0.3, -0.25) is 14.6 Å². The highest BCUT2D eigenvalue weighted by Gasteiger charge is 2.31. The number of benzene rings is 2. The molecule has 6 heteroatoms. The lowest BCUT2D eigenvalue weighted by molar-refractivity contribution is -0.143. The zero-order chi connectivity index (χ0) is 23.6. The molecule has 0 unspecified atom stereocenters. The number of carbonyl (C=O) groups is 2. The minimum absolute atomic E-state index is 0.0641. The Hall–Kier alpha value is -3.67. The fraction of sp³-hybridized carbons (Fsp3) is 0.296. The summed E-state index contributed by atoms with van der Waals surface area (Å²) in [4.78, 5) is 32.4. The molecule has 1 heterocycles. The monoisotopic (exact) mass is 445 g/mol. The van der Waals surface area contributed by atoms with Gasteiger partial charge in [-0.05, 0) is 41.0 Å². The fourth-order valence-electron chi connectivity index (χ4n) is 3.59. The molecule has 0 fully saturated rings. The van der Waals surface area contributed by atoms with Crippen LogP contribution in [0, 0.1) is 5.92 Å². The van der Waals surface area contributed by atoms with Crippen LogP contribution in [0.15, 0.2) is 79.1 Å². The molecule has 3 aromatic rings. The van der Waals surface area contributed by atoms with Crippen molar-refractivity contribution in [2.45, 2.75) is 39.4 Å². The van der Waals surface area contributed by atoms with Crippen molar-refractivity contribution in [1.29, 1.82) is 0 Å². The molecule has 0 spiro atoms. The van der Waals surface area contributed by atoms with Crippen LogP contribution in [0.5, 0.6) is 5.75 Å². The average Bonchev–Trinajstić information content (AvgIpc) is 2.85. The van der Waals surface area contributed by atoms with Crippen LogP contribution >= 0.6 is 0 Å². The van der Waals surface area contributed by atoms with E-state index in [0.29, 0.717) is 19.5 Å². The number of nitrogens with zero attached hydrogens (tertiary/aromatic N) is 2. The molecule has 0 aliphatic heterocycles. The van der Waals surface area contributed by atoms with Crippen molar-refractivity contribution in [3.8, 4) is 5.75 Å². The molecule has 0 saturated heterocycles. The highest BCUT2D eigenvalue weighted by atomic mass is 16.5. The van der Waals surface area contributed by atoms with Crippen molar-refractivity contribution in [2.24, 2.45) is 5.92 Å². The van der Waals surface area contributed by atoms with E-state index in [-0.39, 0.29) is 17.7 Å². The molecule has 3 rings (SSSR count). The number of hydrogen-bond acceptors (Lipinski definition) is 4. The summed E-state index contributed by atoms with van der Waals surface area (Å²) in [6.07, 6.45) is 3.82. The number of amides is 2. The van der Waals surface area contributed by atoms with E-state index in [9.17, 15) is 9.59 Å². The number of methoxy groups -OCH3 is 1. The molecule has 2 aromatic carbocycles. The lowest BCUT2D eigenvalue weighted by atomic mass is 10.0. The van der Waals surface area contributed by atoms with Gasteiger partial charge in [0.25, 0.3) is 0 Å². The lowest BCUT2D eigenvalue weighted by Gasteiger charge is -2.33. The van der Waals surface area contributed by atoms with Gasteiger partial charge in [-0.1, -0.05) is 56.3 Å². The highest BCUT2D eigenvalue weighted by Crippen LogP contribution is 2.19. The Balaban J connectivity index is 1.88. The third-order valence-corrected chi connectivity index (χ3v) is 5.46. The molecular weight excluding hydrogens is 414 g/mol. The second kappa shape index (κ2) is 11.8. The standard InChI is InChI=1S/C27H31N3O3/c1-20(2)27(32)30(19-23-9-11-24(33-3)12-10-23)25(17-21-7-5-4-6-8-21)26(31)29-18-22-13-15-28-16-14-22/h4-16,20,25H,17-19H2,1-3H3,(H,29,31)/t25-/m0/s1. The number of ether oxygens (including phenoxy) is 1. The minimum atomic E-state index is -0.647. The maximum Gasteiger partial charge on any atom is 0.243 e. The highest BCUT2D eigenvalue weighted by molar-refractivity contribution is 5.88. The van der Waals surface area contributed by atoms with Crippen molar-refractivity contribution in [1.82, 2.24) is 15.2 Å². The Bertz CT molecular complexity index is 1020. The molecule has 172 valence electrons. The molecule has 0 aliphatic carbocycles. The van der Waals surface area contributed by atoms with E-state index in [1.54, 1.807) is 24.4 Å². The summed E-state index contributed by atoms with van der Waals surface area (Å²) < 4.78 is 5.25. The van der Waals surface area contributed by atoms with E-state index in [1.807, 2.05) is 80.6 Å². The molecule has 33 heavy (non-hydrogen) atoms. The Morgan fingerprint density at radius 3 is 2.18 bits per heavy atom. The van der Waals surface area contributed by atoms with E-state index in [4.69, 9.17) is 4.74 Å². The summed E-state index contributed by atoms with van der Waals surface area (Å²) >= 11 is 0.